The molecule has 2 rings (SSSR count). The Morgan fingerprint density at radius 2 is 2.06 bits per heavy atom. The summed E-state index contributed by atoms with van der Waals surface area (Å²) < 4.78 is 0. The van der Waals surface area contributed by atoms with Crippen LogP contribution < -0.4 is 0 Å². The zero-order chi connectivity index (χ0) is 11.5. The highest BCUT2D eigenvalue weighted by Gasteiger charge is 2.32. The molecule has 3 heteroatoms. The molecule has 0 bridgehead atoms. The molecule has 1 N–H and O–H groups in total. The fourth-order valence-corrected chi connectivity index (χ4v) is 2.02. The summed E-state index contributed by atoms with van der Waals surface area (Å²) in [7, 11) is 0. The first-order valence-corrected chi connectivity index (χ1v) is 5.67. The first-order chi connectivity index (χ1) is 7.72. The number of hydrogen-bond acceptors (Lipinski definition) is 2. The fourth-order valence-electron chi connectivity index (χ4n) is 2.02. The maximum absolute atomic E-state index is 12.0. The second-order valence-electron chi connectivity index (χ2n) is 4.42. The summed E-state index contributed by atoms with van der Waals surface area (Å²) in [4.78, 5) is 13.8. The van der Waals surface area contributed by atoms with E-state index >= 15 is 0 Å². The van der Waals surface area contributed by atoms with Crippen molar-refractivity contribution in [1.82, 2.24) is 4.90 Å². The lowest BCUT2D eigenvalue weighted by Gasteiger charge is -2.39. The molecule has 1 amide bonds. The van der Waals surface area contributed by atoms with E-state index in [4.69, 9.17) is 5.11 Å². The van der Waals surface area contributed by atoms with E-state index in [9.17, 15) is 4.79 Å². The molecular weight excluding hydrogens is 202 g/mol. The monoisotopic (exact) mass is 219 g/mol. The molecule has 86 valence electrons. The molecule has 1 saturated heterocycles. The molecule has 3 nitrogen and oxygen atoms in total. The lowest BCUT2D eigenvalue weighted by atomic mass is 9.95. The molecular formula is C13H17NO2. The van der Waals surface area contributed by atoms with Gasteiger partial charge in [-0.25, -0.2) is 0 Å². The predicted octanol–water partition coefficient (Wildman–Crippen LogP) is 1.24. The molecule has 1 aromatic rings. The van der Waals surface area contributed by atoms with E-state index in [1.165, 1.54) is 0 Å². The molecule has 0 spiro atoms. The number of carbonyl (C=O) groups excluding carboxylic acids is 1. The normalized spacial score (nSPS) is 18.0. The van der Waals surface area contributed by atoms with E-state index in [1.807, 2.05) is 42.2 Å². The topological polar surface area (TPSA) is 40.5 Å². The highest BCUT2D eigenvalue weighted by molar-refractivity contribution is 5.84. The molecule has 1 heterocycles. The molecule has 16 heavy (non-hydrogen) atoms. The summed E-state index contributed by atoms with van der Waals surface area (Å²) in [6.07, 6.45) is 0. The molecule has 1 atom stereocenters. The van der Waals surface area contributed by atoms with Crippen LogP contribution in [0.3, 0.4) is 0 Å². The molecule has 1 unspecified atom stereocenters. The van der Waals surface area contributed by atoms with Gasteiger partial charge in [-0.05, 0) is 12.5 Å². The summed E-state index contributed by atoms with van der Waals surface area (Å²) in [5.74, 6) is 0.365. The van der Waals surface area contributed by atoms with Gasteiger partial charge in [-0.2, -0.15) is 0 Å². The average molecular weight is 219 g/mol. The van der Waals surface area contributed by atoms with E-state index < -0.39 is 0 Å². The molecule has 1 aromatic carbocycles. The second kappa shape index (κ2) is 4.66. The Morgan fingerprint density at radius 1 is 1.44 bits per heavy atom. The Kier molecular flexibility index (Phi) is 3.25. The molecule has 0 radical (unpaired) electrons. The highest BCUT2D eigenvalue weighted by Crippen LogP contribution is 2.23. The fraction of sp³-hybridized carbons (Fsp3) is 0.462. The van der Waals surface area contributed by atoms with Crippen LogP contribution in [0.4, 0.5) is 0 Å². The standard InChI is InChI=1S/C13H17NO2/c1-10(12-5-3-2-4-6-12)13(16)14-7-11(8-14)9-15/h2-6,10-11,15H,7-9H2,1H3. The van der Waals surface area contributed by atoms with Crippen LogP contribution in [-0.4, -0.2) is 35.6 Å². The van der Waals surface area contributed by atoms with E-state index in [2.05, 4.69) is 0 Å². The van der Waals surface area contributed by atoms with Gasteiger partial charge in [0.15, 0.2) is 0 Å². The van der Waals surface area contributed by atoms with Gasteiger partial charge in [0, 0.05) is 25.6 Å². The minimum absolute atomic E-state index is 0.0826. The number of aliphatic hydroxyl groups is 1. The van der Waals surface area contributed by atoms with Gasteiger partial charge in [0.2, 0.25) is 5.91 Å². The Bertz CT molecular complexity index is 357. The van der Waals surface area contributed by atoms with Crippen molar-refractivity contribution in [2.75, 3.05) is 19.7 Å². The number of carbonyl (C=O) groups is 1. The van der Waals surface area contributed by atoms with Gasteiger partial charge in [0.05, 0.1) is 5.92 Å². The van der Waals surface area contributed by atoms with Gasteiger partial charge < -0.3 is 10.0 Å². The molecule has 1 fully saturated rings. The number of amides is 1. The van der Waals surface area contributed by atoms with Gasteiger partial charge in [-0.15, -0.1) is 0 Å². The number of rotatable bonds is 3. The Hall–Kier alpha value is -1.35. The number of hydrogen-bond donors (Lipinski definition) is 1. The van der Waals surface area contributed by atoms with Crippen LogP contribution >= 0.6 is 0 Å². The van der Waals surface area contributed by atoms with Gasteiger partial charge in [0.1, 0.15) is 0 Å². The van der Waals surface area contributed by atoms with Crippen molar-refractivity contribution in [3.8, 4) is 0 Å². The summed E-state index contributed by atoms with van der Waals surface area (Å²) in [5, 5.41) is 8.90. The van der Waals surface area contributed by atoms with Gasteiger partial charge >= 0.3 is 0 Å². The molecule has 0 aromatic heterocycles. The summed E-state index contributed by atoms with van der Waals surface area (Å²) >= 11 is 0. The third kappa shape index (κ3) is 2.09. The Labute approximate surface area is 95.7 Å². The van der Waals surface area contributed by atoms with Gasteiger partial charge in [-0.1, -0.05) is 30.3 Å². The first kappa shape index (κ1) is 11.1. The van der Waals surface area contributed by atoms with Crippen molar-refractivity contribution in [1.29, 1.82) is 0 Å². The predicted molar refractivity (Wildman–Crippen MR) is 62.0 cm³/mol. The van der Waals surface area contributed by atoms with Crippen molar-refractivity contribution < 1.29 is 9.90 Å². The third-order valence-electron chi connectivity index (χ3n) is 3.20. The van der Waals surface area contributed by atoms with Crippen molar-refractivity contribution in [2.24, 2.45) is 5.92 Å². The second-order valence-corrected chi connectivity index (χ2v) is 4.42. The van der Waals surface area contributed by atoms with E-state index in [0.717, 1.165) is 5.56 Å². The van der Waals surface area contributed by atoms with Gasteiger partial charge in [-0.3, -0.25) is 4.79 Å². The molecule has 1 aliphatic heterocycles. The van der Waals surface area contributed by atoms with Crippen LogP contribution in [0.1, 0.15) is 18.4 Å². The zero-order valence-electron chi connectivity index (χ0n) is 9.47. The van der Waals surface area contributed by atoms with E-state index in [-0.39, 0.29) is 24.3 Å². The van der Waals surface area contributed by atoms with Crippen LogP contribution in [0.2, 0.25) is 0 Å². The van der Waals surface area contributed by atoms with E-state index in [0.29, 0.717) is 13.1 Å². The van der Waals surface area contributed by atoms with Gasteiger partial charge in [0.25, 0.3) is 0 Å². The minimum Gasteiger partial charge on any atom is -0.396 e. The van der Waals surface area contributed by atoms with Crippen LogP contribution in [-0.2, 0) is 4.79 Å². The number of benzene rings is 1. The summed E-state index contributed by atoms with van der Waals surface area (Å²) in [6, 6.07) is 9.81. The lowest BCUT2D eigenvalue weighted by molar-refractivity contribution is -0.139. The third-order valence-corrected chi connectivity index (χ3v) is 3.20. The van der Waals surface area contributed by atoms with E-state index in [1.54, 1.807) is 0 Å². The zero-order valence-corrected chi connectivity index (χ0v) is 9.47. The average Bonchev–Trinajstić information content (AvgIpc) is 2.27. The Balaban J connectivity index is 1.96. The van der Waals surface area contributed by atoms with Crippen molar-refractivity contribution >= 4 is 5.91 Å². The minimum atomic E-state index is -0.0826. The smallest absolute Gasteiger partial charge is 0.229 e. The van der Waals surface area contributed by atoms with Crippen molar-refractivity contribution in [3.63, 3.8) is 0 Å². The SMILES string of the molecule is CC(C(=O)N1CC(CO)C1)c1ccccc1. The van der Waals surface area contributed by atoms with Crippen LogP contribution in [0.15, 0.2) is 30.3 Å². The number of aliphatic hydroxyl groups excluding tert-OH is 1. The van der Waals surface area contributed by atoms with Crippen molar-refractivity contribution in [2.45, 2.75) is 12.8 Å². The largest absolute Gasteiger partial charge is 0.396 e. The summed E-state index contributed by atoms with van der Waals surface area (Å²) in [6.45, 7) is 3.52. The summed E-state index contributed by atoms with van der Waals surface area (Å²) in [5.41, 5.74) is 1.06. The first-order valence-electron chi connectivity index (χ1n) is 5.67. The molecule has 0 saturated carbocycles. The van der Waals surface area contributed by atoms with Crippen molar-refractivity contribution in [3.05, 3.63) is 35.9 Å². The Morgan fingerprint density at radius 3 is 2.62 bits per heavy atom. The number of likely N-dealkylation sites (tertiary alicyclic amines) is 1. The molecule has 1 aliphatic rings. The van der Waals surface area contributed by atoms with Crippen LogP contribution in [0.25, 0.3) is 0 Å². The maximum Gasteiger partial charge on any atom is 0.229 e. The van der Waals surface area contributed by atoms with Crippen LogP contribution in [0, 0.1) is 5.92 Å². The number of nitrogens with zero attached hydrogens (tertiary/aromatic N) is 1. The lowest BCUT2D eigenvalue weighted by Crippen LogP contribution is -2.52. The quantitative estimate of drug-likeness (QED) is 0.831. The molecule has 0 aliphatic carbocycles. The van der Waals surface area contributed by atoms with Crippen LogP contribution in [0.5, 0.6) is 0 Å². The highest BCUT2D eigenvalue weighted by atomic mass is 16.3. The maximum atomic E-state index is 12.0.